The fraction of sp³-hybridized carbons (Fsp3) is 0.481. The fourth-order valence-corrected chi connectivity index (χ4v) is 4.06. The molecule has 12 N–H and O–H groups in total. The Balaban J connectivity index is 2.21. The summed E-state index contributed by atoms with van der Waals surface area (Å²) in [5.74, 6) is -3.64. The number of imidazole rings is 1. The number of carbonyl (C=O) groups excluding carboxylic acids is 3. The molecule has 15 nitrogen and oxygen atoms in total. The Labute approximate surface area is 243 Å². The largest absolute Gasteiger partial charge is 0.508 e. The number of nitrogens with one attached hydrogen (secondary N) is 4. The summed E-state index contributed by atoms with van der Waals surface area (Å²) in [5.41, 5.74) is 17.9. The number of guanidine groups is 1. The molecule has 3 amide bonds. The van der Waals surface area contributed by atoms with Crippen LogP contribution < -0.4 is 33.2 Å². The van der Waals surface area contributed by atoms with E-state index in [2.05, 4.69) is 30.9 Å². The number of benzene rings is 1. The summed E-state index contributed by atoms with van der Waals surface area (Å²) in [6, 6.07) is 1.55. The van der Waals surface area contributed by atoms with E-state index in [1.165, 1.54) is 18.5 Å². The lowest BCUT2D eigenvalue weighted by Gasteiger charge is -2.28. The van der Waals surface area contributed by atoms with Crippen LogP contribution in [0.4, 0.5) is 0 Å². The van der Waals surface area contributed by atoms with E-state index in [0.29, 0.717) is 17.7 Å². The van der Waals surface area contributed by atoms with E-state index in [1.54, 1.807) is 25.3 Å². The van der Waals surface area contributed by atoms with Crippen LogP contribution in [0.2, 0.25) is 0 Å². The van der Waals surface area contributed by atoms with Crippen molar-refractivity contribution >= 4 is 29.7 Å². The number of phenolic OH excluding ortho intramolecular Hbond substituents is 1. The molecule has 2 rings (SSSR count). The summed E-state index contributed by atoms with van der Waals surface area (Å²) >= 11 is 0. The van der Waals surface area contributed by atoms with Crippen molar-refractivity contribution in [3.05, 3.63) is 48.0 Å². The van der Waals surface area contributed by atoms with E-state index < -0.39 is 47.9 Å². The average Bonchev–Trinajstić information content (AvgIpc) is 3.46. The van der Waals surface area contributed by atoms with Crippen molar-refractivity contribution < 1.29 is 29.4 Å². The van der Waals surface area contributed by atoms with Crippen LogP contribution in [0.5, 0.6) is 5.75 Å². The lowest BCUT2D eigenvalue weighted by Crippen LogP contribution is -2.59. The number of H-pyrrole nitrogens is 1. The van der Waals surface area contributed by atoms with Crippen LogP contribution in [0.15, 0.2) is 41.8 Å². The Morgan fingerprint density at radius 1 is 1.00 bits per heavy atom. The topological polar surface area (TPSA) is 264 Å². The predicted octanol–water partition coefficient (Wildman–Crippen LogP) is -1.13. The van der Waals surface area contributed by atoms with Crippen molar-refractivity contribution in [2.45, 2.75) is 70.1 Å². The van der Waals surface area contributed by atoms with Gasteiger partial charge in [-0.05, 0) is 36.5 Å². The molecule has 1 heterocycles. The molecule has 0 aliphatic carbocycles. The van der Waals surface area contributed by atoms with Crippen molar-refractivity contribution in [3.8, 4) is 5.75 Å². The molecule has 0 aliphatic rings. The summed E-state index contributed by atoms with van der Waals surface area (Å²) in [5, 5.41) is 27.2. The Morgan fingerprint density at radius 3 is 2.24 bits per heavy atom. The molecule has 0 saturated heterocycles. The third-order valence-electron chi connectivity index (χ3n) is 6.69. The number of hydrogen-bond acceptors (Lipinski definition) is 8. The lowest BCUT2D eigenvalue weighted by atomic mass is 9.96. The zero-order valence-corrected chi connectivity index (χ0v) is 23.7. The number of aromatic hydroxyl groups is 1. The second-order valence-electron chi connectivity index (χ2n) is 10.0. The molecule has 0 fully saturated rings. The second-order valence-corrected chi connectivity index (χ2v) is 10.0. The van der Waals surface area contributed by atoms with Crippen LogP contribution in [0, 0.1) is 5.92 Å². The van der Waals surface area contributed by atoms with E-state index in [1.807, 2.05) is 6.92 Å². The molecule has 5 unspecified atom stereocenters. The van der Waals surface area contributed by atoms with E-state index in [9.17, 15) is 29.4 Å². The number of nitrogens with two attached hydrogens (primary N) is 3. The summed E-state index contributed by atoms with van der Waals surface area (Å²) in [6.45, 7) is 3.80. The van der Waals surface area contributed by atoms with Crippen LogP contribution >= 0.6 is 0 Å². The highest BCUT2D eigenvalue weighted by Gasteiger charge is 2.32. The van der Waals surface area contributed by atoms with E-state index in [4.69, 9.17) is 17.2 Å². The number of phenols is 1. The highest BCUT2D eigenvalue weighted by Crippen LogP contribution is 2.14. The second kappa shape index (κ2) is 16.6. The van der Waals surface area contributed by atoms with Crippen molar-refractivity contribution in [2.24, 2.45) is 28.1 Å². The molecule has 0 bridgehead atoms. The molecule has 42 heavy (non-hydrogen) atoms. The van der Waals surface area contributed by atoms with E-state index in [0.717, 1.165) is 0 Å². The van der Waals surface area contributed by atoms with Gasteiger partial charge in [0.25, 0.3) is 0 Å². The molecule has 0 aliphatic heterocycles. The van der Waals surface area contributed by atoms with Crippen LogP contribution in [0.1, 0.15) is 44.4 Å². The number of carboxylic acid groups (broad SMARTS) is 1. The van der Waals surface area contributed by atoms with Gasteiger partial charge < -0.3 is 48.3 Å². The highest BCUT2D eigenvalue weighted by atomic mass is 16.4. The minimum absolute atomic E-state index is 0.0152. The Bertz CT molecular complexity index is 1200. The molecule has 1 aromatic heterocycles. The average molecular weight is 588 g/mol. The van der Waals surface area contributed by atoms with Crippen molar-refractivity contribution in [1.29, 1.82) is 0 Å². The maximum Gasteiger partial charge on any atom is 0.326 e. The van der Waals surface area contributed by atoms with Crippen LogP contribution in [0.3, 0.4) is 0 Å². The van der Waals surface area contributed by atoms with Crippen LogP contribution in [0.25, 0.3) is 0 Å². The van der Waals surface area contributed by atoms with Crippen molar-refractivity contribution in [1.82, 2.24) is 25.9 Å². The quantitative estimate of drug-likeness (QED) is 0.0610. The Kier molecular flexibility index (Phi) is 13.2. The first-order valence-corrected chi connectivity index (χ1v) is 13.6. The molecular weight excluding hydrogens is 546 g/mol. The van der Waals surface area contributed by atoms with Gasteiger partial charge in [0.1, 0.15) is 23.9 Å². The number of aliphatic carboxylic acids is 1. The summed E-state index contributed by atoms with van der Waals surface area (Å²) < 4.78 is 0. The summed E-state index contributed by atoms with van der Waals surface area (Å²) in [4.78, 5) is 62.2. The van der Waals surface area contributed by atoms with Gasteiger partial charge in [0, 0.05) is 31.3 Å². The van der Waals surface area contributed by atoms with Crippen LogP contribution in [-0.4, -0.2) is 80.5 Å². The highest BCUT2D eigenvalue weighted by molar-refractivity contribution is 5.94. The monoisotopic (exact) mass is 587 g/mol. The number of amides is 3. The van der Waals surface area contributed by atoms with Gasteiger partial charge in [0.05, 0.1) is 12.4 Å². The molecule has 0 saturated carbocycles. The minimum atomic E-state index is -1.27. The molecule has 1 aromatic carbocycles. The lowest BCUT2D eigenvalue weighted by molar-refractivity contribution is -0.142. The Hall–Kier alpha value is -4.66. The SMILES string of the molecule is CCC(C)C(NC(=O)C(N)Cc1cnc[nH]1)C(=O)NC(Cc1ccc(O)cc1)C(=O)NC(CCCN=C(N)N)C(=O)O. The fourth-order valence-electron chi connectivity index (χ4n) is 4.06. The van der Waals surface area contributed by atoms with Gasteiger partial charge in [-0.25, -0.2) is 9.78 Å². The number of hydrogen-bond donors (Lipinski definition) is 9. The number of carbonyl (C=O) groups is 4. The molecular formula is C27H41N9O6. The third kappa shape index (κ3) is 11.1. The summed E-state index contributed by atoms with van der Waals surface area (Å²) in [7, 11) is 0. The van der Waals surface area contributed by atoms with E-state index >= 15 is 0 Å². The van der Waals surface area contributed by atoms with Crippen LogP contribution in [-0.2, 0) is 32.0 Å². The molecule has 0 radical (unpaired) electrons. The molecule has 2 aromatic rings. The number of aromatic nitrogens is 2. The first kappa shape index (κ1) is 33.5. The zero-order chi connectivity index (χ0) is 31.2. The minimum Gasteiger partial charge on any atom is -0.508 e. The smallest absolute Gasteiger partial charge is 0.326 e. The molecule has 0 spiro atoms. The molecule has 230 valence electrons. The van der Waals surface area contributed by atoms with Gasteiger partial charge in [-0.3, -0.25) is 19.4 Å². The summed E-state index contributed by atoms with van der Waals surface area (Å²) in [6.07, 6.45) is 4.02. The number of nitrogens with zero attached hydrogens (tertiary/aromatic N) is 2. The number of aliphatic imine (C=N–C) groups is 1. The first-order chi connectivity index (χ1) is 19.9. The third-order valence-corrected chi connectivity index (χ3v) is 6.69. The zero-order valence-electron chi connectivity index (χ0n) is 23.7. The van der Waals surface area contributed by atoms with Gasteiger partial charge >= 0.3 is 5.97 Å². The first-order valence-electron chi connectivity index (χ1n) is 13.6. The van der Waals surface area contributed by atoms with Gasteiger partial charge in [-0.15, -0.1) is 0 Å². The normalized spacial score (nSPS) is 14.5. The number of carboxylic acids is 1. The van der Waals surface area contributed by atoms with Gasteiger partial charge in [-0.1, -0.05) is 32.4 Å². The number of rotatable bonds is 17. The van der Waals surface area contributed by atoms with Gasteiger partial charge in [0.2, 0.25) is 17.7 Å². The predicted molar refractivity (Wildman–Crippen MR) is 155 cm³/mol. The number of aromatic amines is 1. The van der Waals surface area contributed by atoms with Crippen molar-refractivity contribution in [2.75, 3.05) is 6.54 Å². The van der Waals surface area contributed by atoms with Gasteiger partial charge in [-0.2, -0.15) is 0 Å². The van der Waals surface area contributed by atoms with E-state index in [-0.39, 0.29) is 49.9 Å². The Morgan fingerprint density at radius 2 is 1.67 bits per heavy atom. The maximum atomic E-state index is 13.5. The maximum absolute atomic E-state index is 13.5. The standard InChI is InChI=1S/C27H41N9O6/c1-3-15(2)22(36-23(38)19(28)12-17-13-31-14-33-17)25(40)35-21(11-16-6-8-18(37)9-7-16)24(39)34-20(26(41)42)5-4-10-32-27(29)30/h6-9,13-15,19-22,37H,3-5,10-12,28H2,1-2H3,(H,31,33)(H,34,39)(H,35,40)(H,36,38)(H,41,42)(H4,29,30,32). The molecule has 5 atom stereocenters. The van der Waals surface area contributed by atoms with Crippen molar-refractivity contribution in [3.63, 3.8) is 0 Å². The molecule has 15 heteroatoms. The van der Waals surface area contributed by atoms with Gasteiger partial charge in [0.15, 0.2) is 5.96 Å².